The Bertz CT molecular complexity index is 0. The van der Waals surface area contributed by atoms with Crippen molar-refractivity contribution in [1.82, 2.24) is 0 Å². The molecule has 0 aromatic carbocycles. The minimum absolute atomic E-state index is 0. The van der Waals surface area contributed by atoms with Gasteiger partial charge < -0.3 is 0 Å². The minimum Gasteiger partial charge on any atom is -0.0776 e. The molecule has 0 rings (SSSR count). The van der Waals surface area contributed by atoms with Gasteiger partial charge >= 0.3 is 0 Å². The first-order chi connectivity index (χ1) is 14.0. The minimum atomic E-state index is 0. The molecule has 0 aromatic rings. The van der Waals surface area contributed by atoms with Crippen molar-refractivity contribution in [3.8, 4) is 0 Å². The van der Waals surface area contributed by atoms with Gasteiger partial charge in [-0.25, -0.2) is 0 Å². The maximum atomic E-state index is 2.00. The molecule has 0 unspecified atom stereocenters. The highest BCUT2D eigenvalue weighted by molar-refractivity contribution is 3.53. The molecule has 0 fully saturated rings. The van der Waals surface area contributed by atoms with Crippen molar-refractivity contribution in [2.24, 2.45) is 0 Å². The Kier molecular flexibility index (Phi) is 0. The average Bonchev–Trinajstić information content (AvgIpc) is 2.95. The van der Waals surface area contributed by atoms with Gasteiger partial charge in [-0.2, -0.15) is 0 Å². The second-order valence-corrected chi connectivity index (χ2v) is 0. The van der Waals surface area contributed by atoms with Gasteiger partial charge in [-0.3, -0.25) is 0 Å². The van der Waals surface area contributed by atoms with Crippen LogP contribution in [0.2, 0.25) is 0 Å². The van der Waals surface area contributed by atoms with Crippen molar-refractivity contribution in [2.45, 2.75) is 224 Å². The average molecular weight is 485 g/mol. The third-order valence-corrected chi connectivity index (χ3v) is 0. The first kappa shape index (κ1) is 157. The van der Waals surface area contributed by atoms with Gasteiger partial charge in [0.05, 0.1) is 0 Å². The lowest BCUT2D eigenvalue weighted by molar-refractivity contribution is 1.50. The largest absolute Gasteiger partial charge is 0.0776 e. The van der Waals surface area contributed by atoms with E-state index in [0.29, 0.717) is 0 Å². The van der Waals surface area contributed by atoms with E-state index >= 15 is 0 Å². The van der Waals surface area contributed by atoms with Crippen molar-refractivity contribution < 1.29 is 0 Å². The molecule has 0 heteroatoms. The monoisotopic (exact) mass is 485 g/mol. The molecule has 0 aromatic heterocycles. The van der Waals surface area contributed by atoms with E-state index in [1.54, 1.807) is 0 Å². The van der Waals surface area contributed by atoms with Crippen LogP contribution in [0.25, 0.3) is 0 Å². The standard InChI is InChI=1S/14C2H6.4CH4/c14*1-2;;;;/h14*1-2H3;4*1H4. The smallest absolute Gasteiger partial charge is 0.0683 e. The number of hydrogen-bond acceptors (Lipinski definition) is 0. The van der Waals surface area contributed by atoms with Gasteiger partial charge in [0, 0.05) is 0 Å². The van der Waals surface area contributed by atoms with Gasteiger partial charge in [0.1, 0.15) is 0 Å². The van der Waals surface area contributed by atoms with Gasteiger partial charge in [-0.05, 0) is 0 Å². The third-order valence-electron chi connectivity index (χ3n) is 0. The summed E-state index contributed by atoms with van der Waals surface area (Å²) in [6, 6.07) is 0. The Morgan fingerprint density at radius 3 is 0.0938 bits per heavy atom. The van der Waals surface area contributed by atoms with Gasteiger partial charge in [0.2, 0.25) is 0 Å². The molecular formula is C32H100. The van der Waals surface area contributed by atoms with Gasteiger partial charge in [-0.1, -0.05) is 224 Å². The third kappa shape index (κ3) is 0. The fourth-order valence-corrected chi connectivity index (χ4v) is 0. The molecule has 0 atom stereocenters. The molecule has 228 valence electrons. The van der Waals surface area contributed by atoms with Crippen molar-refractivity contribution in [3.63, 3.8) is 0 Å². The van der Waals surface area contributed by atoms with Crippen LogP contribution in [0.5, 0.6) is 0 Å². The highest BCUT2D eigenvalue weighted by Crippen LogP contribution is 1.17. The lowest BCUT2D eigenvalue weighted by atomic mass is 11.0. The van der Waals surface area contributed by atoms with E-state index in [4.69, 9.17) is 0 Å². The molecule has 0 aliphatic rings. The summed E-state index contributed by atoms with van der Waals surface area (Å²) in [5, 5.41) is 0. The summed E-state index contributed by atoms with van der Waals surface area (Å²) in [5.74, 6) is 0. The molecule has 0 heterocycles. The first-order valence-electron chi connectivity index (χ1n) is 14.0. The molecule has 0 spiro atoms. The molecule has 0 nitrogen and oxygen atoms in total. The number of hydrogen-bond donors (Lipinski definition) is 0. The van der Waals surface area contributed by atoms with E-state index in [9.17, 15) is 0 Å². The molecule has 0 bridgehead atoms. The highest BCUT2D eigenvalue weighted by atomic mass is 13.0. The fourth-order valence-electron chi connectivity index (χ4n) is 0. The second-order valence-electron chi connectivity index (χ2n) is 0. The highest BCUT2D eigenvalue weighted by Gasteiger charge is 0.958. The summed E-state index contributed by atoms with van der Waals surface area (Å²) in [5.41, 5.74) is 0. The van der Waals surface area contributed by atoms with Crippen molar-refractivity contribution >= 4 is 0 Å². The van der Waals surface area contributed by atoms with Crippen LogP contribution < -0.4 is 0 Å². The van der Waals surface area contributed by atoms with Crippen molar-refractivity contribution in [2.75, 3.05) is 0 Å². The normalized spacial score (nSPS) is 2.62. The predicted octanol–water partition coefficient (Wildman–Crippen LogP) is 16.9. The number of rotatable bonds is 0. The zero-order valence-corrected chi connectivity index (χ0v) is 28.0. The zero-order valence-electron chi connectivity index (χ0n) is 28.0. The van der Waals surface area contributed by atoms with Gasteiger partial charge in [0.15, 0.2) is 0 Å². The summed E-state index contributed by atoms with van der Waals surface area (Å²) in [4.78, 5) is 0. The van der Waals surface area contributed by atoms with E-state index in [1.165, 1.54) is 0 Å². The molecule has 0 amide bonds. The fraction of sp³-hybridized carbons (Fsp3) is 1.00. The van der Waals surface area contributed by atoms with Crippen molar-refractivity contribution in [3.05, 3.63) is 0 Å². The Morgan fingerprint density at radius 1 is 0.0938 bits per heavy atom. The van der Waals surface area contributed by atoms with Gasteiger partial charge in [0.25, 0.3) is 0 Å². The van der Waals surface area contributed by atoms with Gasteiger partial charge in [-0.15, -0.1) is 0 Å². The SMILES string of the molecule is C.C.C.C.CC.CC.CC.CC.CC.CC.CC.CC.CC.CC.CC.CC.CC.CC. The van der Waals surface area contributed by atoms with Crippen LogP contribution in [0.1, 0.15) is 224 Å². The van der Waals surface area contributed by atoms with E-state index in [-0.39, 0.29) is 29.7 Å². The zero-order chi connectivity index (χ0) is 28.0. The van der Waals surface area contributed by atoms with E-state index in [2.05, 4.69) is 0 Å². The molecular weight excluding hydrogens is 384 g/mol. The van der Waals surface area contributed by atoms with Crippen LogP contribution in [0.4, 0.5) is 0 Å². The van der Waals surface area contributed by atoms with Crippen molar-refractivity contribution in [1.29, 1.82) is 0 Å². The van der Waals surface area contributed by atoms with Crippen LogP contribution in [-0.4, -0.2) is 0 Å². The molecule has 0 saturated carbocycles. The molecule has 0 aliphatic heterocycles. The molecule has 0 radical (unpaired) electrons. The molecule has 0 N–H and O–H groups in total. The van der Waals surface area contributed by atoms with Crippen LogP contribution in [0.3, 0.4) is 0 Å². The van der Waals surface area contributed by atoms with Crippen LogP contribution in [-0.2, 0) is 0 Å². The Hall–Kier alpha value is 0. The predicted molar refractivity (Wildman–Crippen MR) is 186 cm³/mol. The Labute approximate surface area is 223 Å². The van der Waals surface area contributed by atoms with Crippen LogP contribution in [0, 0.1) is 0 Å². The van der Waals surface area contributed by atoms with E-state index < -0.39 is 0 Å². The maximum absolute atomic E-state index is 2.00. The lowest BCUT2D eigenvalue weighted by Crippen LogP contribution is -0.856. The van der Waals surface area contributed by atoms with E-state index in [1.807, 2.05) is 194 Å². The summed E-state index contributed by atoms with van der Waals surface area (Å²) >= 11 is 0. The molecule has 0 saturated heterocycles. The summed E-state index contributed by atoms with van der Waals surface area (Å²) in [7, 11) is 0. The maximum Gasteiger partial charge on any atom is -0.0683 e. The summed E-state index contributed by atoms with van der Waals surface area (Å²) in [6.07, 6.45) is 0. The van der Waals surface area contributed by atoms with Crippen LogP contribution >= 0.6 is 0 Å². The Morgan fingerprint density at radius 2 is 0.0938 bits per heavy atom. The molecule has 32 heavy (non-hydrogen) atoms. The van der Waals surface area contributed by atoms with Crippen LogP contribution in [0.15, 0.2) is 0 Å². The molecule has 0 aliphatic carbocycles. The first-order valence-corrected chi connectivity index (χ1v) is 14.0. The topological polar surface area (TPSA) is 0 Å². The Balaban J connectivity index is -0.00000000408. The second kappa shape index (κ2) is 0. The quantitative estimate of drug-likeness (QED) is 0.320. The summed E-state index contributed by atoms with van der Waals surface area (Å²) in [6.45, 7) is 56.0. The van der Waals surface area contributed by atoms with E-state index in [0.717, 1.165) is 0 Å². The lowest BCUT2D eigenvalue weighted by Gasteiger charge is -1.07. The summed E-state index contributed by atoms with van der Waals surface area (Å²) < 4.78 is 0.